The lowest BCUT2D eigenvalue weighted by Crippen LogP contribution is -2.24. The summed E-state index contributed by atoms with van der Waals surface area (Å²) in [5.74, 6) is -0.907. The molecular formula is C12H14N2O4. The minimum Gasteiger partial charge on any atom is -0.481 e. The van der Waals surface area contributed by atoms with Crippen molar-refractivity contribution in [1.29, 1.82) is 0 Å². The third kappa shape index (κ3) is 5.11. The van der Waals surface area contributed by atoms with Crippen LogP contribution in [0, 0.1) is 0 Å². The average molecular weight is 250 g/mol. The summed E-state index contributed by atoms with van der Waals surface area (Å²) in [6.45, 7) is 3.79. The van der Waals surface area contributed by atoms with Crippen molar-refractivity contribution < 1.29 is 19.4 Å². The first-order valence-electron chi connectivity index (χ1n) is 5.29. The van der Waals surface area contributed by atoms with Gasteiger partial charge in [-0.2, -0.15) is 0 Å². The number of carbonyl (C=O) groups excluding carboxylic acids is 1. The van der Waals surface area contributed by atoms with Gasteiger partial charge in [-0.3, -0.25) is 9.78 Å². The SMILES string of the molecule is C=CCOC(=O)NCc1ccc(CC(=O)O)cn1. The summed E-state index contributed by atoms with van der Waals surface area (Å²) in [5, 5.41) is 11.1. The maximum absolute atomic E-state index is 11.1. The van der Waals surface area contributed by atoms with Crippen molar-refractivity contribution in [3.8, 4) is 0 Å². The Hall–Kier alpha value is -2.37. The van der Waals surface area contributed by atoms with Gasteiger partial charge >= 0.3 is 12.1 Å². The number of hydrogen-bond acceptors (Lipinski definition) is 4. The molecule has 18 heavy (non-hydrogen) atoms. The normalized spacial score (nSPS) is 9.56. The monoisotopic (exact) mass is 250 g/mol. The maximum atomic E-state index is 11.1. The highest BCUT2D eigenvalue weighted by molar-refractivity contribution is 5.70. The van der Waals surface area contributed by atoms with Crippen molar-refractivity contribution in [1.82, 2.24) is 10.3 Å². The zero-order valence-electron chi connectivity index (χ0n) is 9.76. The molecule has 6 heteroatoms. The van der Waals surface area contributed by atoms with Gasteiger partial charge in [0, 0.05) is 6.20 Å². The van der Waals surface area contributed by atoms with E-state index < -0.39 is 12.1 Å². The highest BCUT2D eigenvalue weighted by Gasteiger charge is 2.03. The summed E-state index contributed by atoms with van der Waals surface area (Å²) < 4.78 is 4.72. The first-order valence-corrected chi connectivity index (χ1v) is 5.29. The van der Waals surface area contributed by atoms with E-state index in [1.807, 2.05) is 0 Å². The van der Waals surface area contributed by atoms with E-state index in [0.717, 1.165) is 0 Å². The van der Waals surface area contributed by atoms with Gasteiger partial charge in [0.1, 0.15) is 6.61 Å². The van der Waals surface area contributed by atoms with E-state index in [-0.39, 0.29) is 19.6 Å². The molecule has 1 amide bonds. The predicted octanol–water partition coefficient (Wildman–Crippen LogP) is 1.12. The minimum absolute atomic E-state index is 0.0674. The van der Waals surface area contributed by atoms with Crippen LogP contribution in [0.4, 0.5) is 4.79 Å². The number of alkyl carbamates (subject to hydrolysis) is 1. The Kier molecular flexibility index (Phi) is 5.37. The summed E-state index contributed by atoms with van der Waals surface area (Å²) >= 11 is 0. The van der Waals surface area contributed by atoms with Crippen LogP contribution in [0.5, 0.6) is 0 Å². The number of carboxylic acid groups (broad SMARTS) is 1. The number of aromatic nitrogens is 1. The highest BCUT2D eigenvalue weighted by atomic mass is 16.5. The quantitative estimate of drug-likeness (QED) is 0.738. The van der Waals surface area contributed by atoms with Gasteiger partial charge < -0.3 is 15.2 Å². The fourth-order valence-corrected chi connectivity index (χ4v) is 1.19. The predicted molar refractivity (Wildman–Crippen MR) is 64.0 cm³/mol. The number of ether oxygens (including phenoxy) is 1. The zero-order chi connectivity index (χ0) is 13.4. The van der Waals surface area contributed by atoms with E-state index in [2.05, 4.69) is 16.9 Å². The molecule has 0 aromatic carbocycles. The Bertz CT molecular complexity index is 428. The largest absolute Gasteiger partial charge is 0.481 e. The van der Waals surface area contributed by atoms with Crippen LogP contribution in [0.3, 0.4) is 0 Å². The number of hydrogen-bond donors (Lipinski definition) is 2. The summed E-state index contributed by atoms with van der Waals surface area (Å²) in [4.78, 5) is 25.6. The van der Waals surface area contributed by atoms with Crippen LogP contribution in [0.1, 0.15) is 11.3 Å². The van der Waals surface area contributed by atoms with Gasteiger partial charge in [-0.1, -0.05) is 18.7 Å². The molecular weight excluding hydrogens is 236 g/mol. The van der Waals surface area contributed by atoms with Gasteiger partial charge in [0.25, 0.3) is 0 Å². The molecule has 1 aromatic rings. The Morgan fingerprint density at radius 2 is 2.28 bits per heavy atom. The third-order valence-corrected chi connectivity index (χ3v) is 1.99. The zero-order valence-corrected chi connectivity index (χ0v) is 9.76. The fraction of sp³-hybridized carbons (Fsp3) is 0.250. The Morgan fingerprint density at radius 3 is 2.83 bits per heavy atom. The number of carbonyl (C=O) groups is 2. The van der Waals surface area contributed by atoms with Crippen molar-refractivity contribution in [2.75, 3.05) is 6.61 Å². The lowest BCUT2D eigenvalue weighted by Gasteiger charge is -2.05. The number of nitrogens with zero attached hydrogens (tertiary/aromatic N) is 1. The number of rotatable bonds is 6. The third-order valence-electron chi connectivity index (χ3n) is 1.99. The molecule has 1 heterocycles. The number of nitrogens with one attached hydrogen (secondary N) is 1. The van der Waals surface area contributed by atoms with Crippen molar-refractivity contribution in [3.05, 3.63) is 42.2 Å². The smallest absolute Gasteiger partial charge is 0.407 e. The molecule has 0 aliphatic rings. The van der Waals surface area contributed by atoms with E-state index in [1.54, 1.807) is 12.1 Å². The molecule has 0 bridgehead atoms. The van der Waals surface area contributed by atoms with Gasteiger partial charge in [-0.15, -0.1) is 0 Å². The van der Waals surface area contributed by atoms with Gasteiger partial charge in [-0.25, -0.2) is 4.79 Å². The number of aliphatic carboxylic acids is 1. The van der Waals surface area contributed by atoms with E-state index in [0.29, 0.717) is 11.3 Å². The highest BCUT2D eigenvalue weighted by Crippen LogP contribution is 2.01. The standard InChI is InChI=1S/C12H14N2O4/c1-2-5-18-12(17)14-8-10-4-3-9(7-13-10)6-11(15)16/h2-4,7H,1,5-6,8H2,(H,14,17)(H,15,16). The van der Waals surface area contributed by atoms with Crippen LogP contribution in [0.15, 0.2) is 31.0 Å². The summed E-state index contributed by atoms with van der Waals surface area (Å²) in [6, 6.07) is 3.32. The molecule has 0 saturated carbocycles. The molecule has 2 N–H and O–H groups in total. The molecule has 0 spiro atoms. The van der Waals surface area contributed by atoms with Crippen LogP contribution in [0.2, 0.25) is 0 Å². The van der Waals surface area contributed by atoms with Crippen molar-refractivity contribution in [3.63, 3.8) is 0 Å². The van der Waals surface area contributed by atoms with Crippen molar-refractivity contribution in [2.45, 2.75) is 13.0 Å². The maximum Gasteiger partial charge on any atom is 0.407 e. The minimum atomic E-state index is -0.907. The van der Waals surface area contributed by atoms with E-state index in [9.17, 15) is 9.59 Å². The van der Waals surface area contributed by atoms with E-state index in [4.69, 9.17) is 9.84 Å². The van der Waals surface area contributed by atoms with Crippen molar-refractivity contribution >= 4 is 12.1 Å². The number of pyridine rings is 1. The molecule has 0 aliphatic heterocycles. The molecule has 0 radical (unpaired) electrons. The molecule has 0 saturated heterocycles. The molecule has 96 valence electrons. The number of amides is 1. The topological polar surface area (TPSA) is 88.5 Å². The van der Waals surface area contributed by atoms with Gasteiger partial charge in [-0.05, 0) is 11.6 Å². The van der Waals surface area contributed by atoms with E-state index in [1.165, 1.54) is 12.3 Å². The molecule has 0 fully saturated rings. The molecule has 1 rings (SSSR count). The second-order valence-electron chi connectivity index (χ2n) is 3.47. The fourth-order valence-electron chi connectivity index (χ4n) is 1.19. The van der Waals surface area contributed by atoms with Crippen molar-refractivity contribution in [2.24, 2.45) is 0 Å². The molecule has 1 aromatic heterocycles. The second-order valence-corrected chi connectivity index (χ2v) is 3.47. The molecule has 0 unspecified atom stereocenters. The van der Waals surface area contributed by atoms with Crippen LogP contribution in [0.25, 0.3) is 0 Å². The van der Waals surface area contributed by atoms with Gasteiger partial charge in [0.2, 0.25) is 0 Å². The van der Waals surface area contributed by atoms with Crippen LogP contribution in [-0.2, 0) is 22.5 Å². The Labute approximate surface area is 104 Å². The van der Waals surface area contributed by atoms with Gasteiger partial charge in [0.15, 0.2) is 0 Å². The molecule has 6 nitrogen and oxygen atoms in total. The molecule has 0 aliphatic carbocycles. The first kappa shape index (κ1) is 13.7. The van der Waals surface area contributed by atoms with Crippen LogP contribution < -0.4 is 5.32 Å². The average Bonchev–Trinajstić information content (AvgIpc) is 2.35. The lowest BCUT2D eigenvalue weighted by atomic mass is 10.2. The van der Waals surface area contributed by atoms with Gasteiger partial charge in [0.05, 0.1) is 18.7 Å². The Morgan fingerprint density at radius 1 is 1.50 bits per heavy atom. The summed E-state index contributed by atoms with van der Waals surface area (Å²) in [6.07, 6.45) is 2.33. The Balaban J connectivity index is 2.41. The summed E-state index contributed by atoms with van der Waals surface area (Å²) in [7, 11) is 0. The van der Waals surface area contributed by atoms with Crippen LogP contribution in [-0.4, -0.2) is 28.8 Å². The van der Waals surface area contributed by atoms with Crippen LogP contribution >= 0.6 is 0 Å². The first-order chi connectivity index (χ1) is 8.61. The summed E-state index contributed by atoms with van der Waals surface area (Å²) in [5.41, 5.74) is 1.24. The number of carboxylic acids is 1. The molecule has 0 atom stereocenters. The van der Waals surface area contributed by atoms with E-state index >= 15 is 0 Å². The lowest BCUT2D eigenvalue weighted by molar-refractivity contribution is -0.136. The second kappa shape index (κ2) is 7.05.